The number of rotatable bonds is 24. The largest absolute Gasteiger partial charge is 0.462 e. The van der Waals surface area contributed by atoms with Crippen molar-refractivity contribution in [2.24, 2.45) is 0 Å². The minimum Gasteiger partial charge on any atom is -0.462 e. The number of carbonyl (C=O) groups is 2. The number of ether oxygens (including phenoxy) is 2. The van der Waals surface area contributed by atoms with Gasteiger partial charge in [-0.3, -0.25) is 9.59 Å². The van der Waals surface area contributed by atoms with Crippen molar-refractivity contribution in [1.82, 2.24) is 0 Å². The van der Waals surface area contributed by atoms with Gasteiger partial charge in [-0.2, -0.15) is 0 Å². The van der Waals surface area contributed by atoms with Gasteiger partial charge in [0.15, 0.2) is 6.10 Å². The van der Waals surface area contributed by atoms with E-state index in [4.69, 9.17) is 9.47 Å². The highest BCUT2D eigenvalue weighted by Gasteiger charge is 2.16. The first-order valence-corrected chi connectivity index (χ1v) is 13.9. The second-order valence-electron chi connectivity index (χ2n) is 9.12. The van der Waals surface area contributed by atoms with E-state index in [0.29, 0.717) is 12.8 Å². The van der Waals surface area contributed by atoms with Crippen molar-refractivity contribution in [3.63, 3.8) is 0 Å². The molecule has 0 spiro atoms. The maximum Gasteiger partial charge on any atom is 0.306 e. The van der Waals surface area contributed by atoms with Gasteiger partial charge in [0, 0.05) is 12.8 Å². The quantitative estimate of drug-likeness (QED) is 0.0874. The van der Waals surface area contributed by atoms with Gasteiger partial charge < -0.3 is 14.6 Å². The standard InChI is InChI=1S/C29H52O5/c1-3-5-7-9-10-11-12-13-14-15-16-17-18-20-22-24-29(32)34-27(25-30)26-33-28(31)23-21-19-8-6-4-2/h10-11,13-14,27,30H,3-9,12,15-26H2,1-2H3/b11-10-,14-13-. The van der Waals surface area contributed by atoms with Crippen molar-refractivity contribution in [1.29, 1.82) is 0 Å². The minimum atomic E-state index is -0.769. The van der Waals surface area contributed by atoms with Gasteiger partial charge >= 0.3 is 11.9 Å². The number of esters is 2. The zero-order valence-corrected chi connectivity index (χ0v) is 22.1. The summed E-state index contributed by atoms with van der Waals surface area (Å²) in [7, 11) is 0. The van der Waals surface area contributed by atoms with Crippen molar-refractivity contribution < 1.29 is 24.2 Å². The van der Waals surface area contributed by atoms with Crippen LogP contribution in [0.4, 0.5) is 0 Å². The van der Waals surface area contributed by atoms with E-state index in [-0.39, 0.29) is 25.2 Å². The molecule has 1 unspecified atom stereocenters. The van der Waals surface area contributed by atoms with E-state index >= 15 is 0 Å². The van der Waals surface area contributed by atoms with Gasteiger partial charge in [0.2, 0.25) is 0 Å². The highest BCUT2D eigenvalue weighted by atomic mass is 16.6. The van der Waals surface area contributed by atoms with E-state index in [1.165, 1.54) is 51.4 Å². The van der Waals surface area contributed by atoms with Crippen LogP contribution in [0.5, 0.6) is 0 Å². The van der Waals surface area contributed by atoms with Crippen LogP contribution in [0.2, 0.25) is 0 Å². The lowest BCUT2D eigenvalue weighted by atomic mass is 10.1. The Morgan fingerprint density at radius 1 is 0.676 bits per heavy atom. The van der Waals surface area contributed by atoms with Crippen molar-refractivity contribution in [3.05, 3.63) is 24.3 Å². The summed E-state index contributed by atoms with van der Waals surface area (Å²) in [5, 5.41) is 9.39. The lowest BCUT2D eigenvalue weighted by molar-refractivity contribution is -0.161. The Kier molecular flexibility index (Phi) is 24.8. The average Bonchev–Trinajstić information content (AvgIpc) is 2.84. The molecule has 0 bridgehead atoms. The maximum absolute atomic E-state index is 12.0. The number of hydrogen-bond donors (Lipinski definition) is 1. The van der Waals surface area contributed by atoms with Gasteiger partial charge in [-0.05, 0) is 44.9 Å². The number of hydrogen-bond acceptors (Lipinski definition) is 5. The first-order valence-electron chi connectivity index (χ1n) is 13.9. The SMILES string of the molecule is CCCCC/C=C\C/C=C\CCCCCCCC(=O)OC(CO)COC(=O)CCCCCCC. The van der Waals surface area contributed by atoms with Crippen LogP contribution >= 0.6 is 0 Å². The van der Waals surface area contributed by atoms with Crippen molar-refractivity contribution in [2.75, 3.05) is 13.2 Å². The molecule has 198 valence electrons. The first kappa shape index (κ1) is 32.4. The number of aliphatic hydroxyl groups excluding tert-OH is 1. The average molecular weight is 481 g/mol. The monoisotopic (exact) mass is 480 g/mol. The molecule has 0 saturated carbocycles. The second kappa shape index (κ2) is 26.0. The molecular weight excluding hydrogens is 428 g/mol. The zero-order valence-electron chi connectivity index (χ0n) is 22.1. The summed E-state index contributed by atoms with van der Waals surface area (Å²) >= 11 is 0. The normalized spacial score (nSPS) is 12.4. The first-order chi connectivity index (χ1) is 16.6. The fourth-order valence-corrected chi connectivity index (χ4v) is 3.58. The van der Waals surface area contributed by atoms with Gasteiger partial charge in [-0.25, -0.2) is 0 Å². The summed E-state index contributed by atoms with van der Waals surface area (Å²) in [5.74, 6) is -0.625. The Hall–Kier alpha value is -1.62. The zero-order chi connectivity index (χ0) is 25.1. The predicted molar refractivity (Wildman–Crippen MR) is 141 cm³/mol. The van der Waals surface area contributed by atoms with Gasteiger partial charge in [-0.1, -0.05) is 95.9 Å². The summed E-state index contributed by atoms with van der Waals surface area (Å²) in [5.41, 5.74) is 0. The molecule has 34 heavy (non-hydrogen) atoms. The molecule has 0 aromatic heterocycles. The molecular formula is C29H52O5. The molecule has 1 atom stereocenters. The van der Waals surface area contributed by atoms with Crippen LogP contribution in [0.25, 0.3) is 0 Å². The van der Waals surface area contributed by atoms with E-state index in [2.05, 4.69) is 38.2 Å². The van der Waals surface area contributed by atoms with Gasteiger partial charge in [0.25, 0.3) is 0 Å². The summed E-state index contributed by atoms with van der Waals surface area (Å²) < 4.78 is 10.4. The molecule has 1 N–H and O–H groups in total. The Morgan fingerprint density at radius 3 is 1.79 bits per heavy atom. The third-order valence-electron chi connectivity index (χ3n) is 5.75. The molecule has 0 rings (SSSR count). The van der Waals surface area contributed by atoms with E-state index in [1.54, 1.807) is 0 Å². The third kappa shape index (κ3) is 23.5. The highest BCUT2D eigenvalue weighted by molar-refractivity contribution is 5.70. The summed E-state index contributed by atoms with van der Waals surface area (Å²) in [6.07, 6.45) is 26.8. The Labute approximate surface area is 209 Å². The molecule has 0 aliphatic rings. The third-order valence-corrected chi connectivity index (χ3v) is 5.75. The van der Waals surface area contributed by atoms with Crippen LogP contribution in [0, 0.1) is 0 Å². The highest BCUT2D eigenvalue weighted by Crippen LogP contribution is 2.10. The number of unbranched alkanes of at least 4 members (excludes halogenated alkanes) is 12. The van der Waals surface area contributed by atoms with Crippen LogP contribution < -0.4 is 0 Å². The topological polar surface area (TPSA) is 72.8 Å². The number of aliphatic hydroxyl groups is 1. The van der Waals surface area contributed by atoms with Crippen LogP contribution in [-0.4, -0.2) is 36.4 Å². The summed E-state index contributed by atoms with van der Waals surface area (Å²) in [4.78, 5) is 23.7. The fraction of sp³-hybridized carbons (Fsp3) is 0.793. The molecule has 0 aliphatic heterocycles. The second-order valence-corrected chi connectivity index (χ2v) is 9.12. The molecule has 0 aromatic rings. The smallest absolute Gasteiger partial charge is 0.306 e. The lowest BCUT2D eigenvalue weighted by Crippen LogP contribution is -2.28. The number of allylic oxidation sites excluding steroid dienone is 4. The summed E-state index contributed by atoms with van der Waals surface area (Å²) in [6.45, 7) is 3.98. The molecule has 0 heterocycles. The minimum absolute atomic E-state index is 0.0712. The van der Waals surface area contributed by atoms with Gasteiger partial charge in [-0.15, -0.1) is 0 Å². The molecule has 0 aromatic carbocycles. The van der Waals surface area contributed by atoms with Crippen molar-refractivity contribution in [2.45, 2.75) is 136 Å². The van der Waals surface area contributed by atoms with E-state index < -0.39 is 6.10 Å². The molecule has 0 fully saturated rings. The molecule has 0 aliphatic carbocycles. The fourth-order valence-electron chi connectivity index (χ4n) is 3.58. The van der Waals surface area contributed by atoms with Crippen LogP contribution in [-0.2, 0) is 19.1 Å². The molecule has 5 nitrogen and oxygen atoms in total. The predicted octanol–water partition coefficient (Wildman–Crippen LogP) is 7.61. The maximum atomic E-state index is 12.0. The molecule has 0 radical (unpaired) electrons. The lowest BCUT2D eigenvalue weighted by Gasteiger charge is -2.15. The molecule has 5 heteroatoms. The van der Waals surface area contributed by atoms with Gasteiger partial charge in [0.1, 0.15) is 6.61 Å². The Morgan fingerprint density at radius 2 is 1.18 bits per heavy atom. The van der Waals surface area contributed by atoms with Crippen molar-refractivity contribution in [3.8, 4) is 0 Å². The summed E-state index contributed by atoms with van der Waals surface area (Å²) in [6, 6.07) is 0. The van der Waals surface area contributed by atoms with Crippen molar-refractivity contribution >= 4 is 11.9 Å². The van der Waals surface area contributed by atoms with E-state index in [0.717, 1.165) is 51.4 Å². The van der Waals surface area contributed by atoms with Crippen LogP contribution in [0.3, 0.4) is 0 Å². The van der Waals surface area contributed by atoms with E-state index in [1.807, 2.05) is 0 Å². The van der Waals surface area contributed by atoms with Crippen LogP contribution in [0.1, 0.15) is 129 Å². The van der Waals surface area contributed by atoms with Crippen LogP contribution in [0.15, 0.2) is 24.3 Å². The Balaban J connectivity index is 3.63. The van der Waals surface area contributed by atoms with Gasteiger partial charge in [0.05, 0.1) is 6.61 Å². The number of carbonyl (C=O) groups excluding carboxylic acids is 2. The van der Waals surface area contributed by atoms with E-state index in [9.17, 15) is 14.7 Å². The molecule has 0 amide bonds. The Bertz CT molecular complexity index is 527. The molecule has 0 saturated heterocycles.